The summed E-state index contributed by atoms with van der Waals surface area (Å²) in [5, 5.41) is 13.9. The molecule has 0 bridgehead atoms. The van der Waals surface area contributed by atoms with Crippen LogP contribution in [0.2, 0.25) is 0 Å². The van der Waals surface area contributed by atoms with E-state index in [1.165, 1.54) is 7.11 Å². The molecule has 0 unspecified atom stereocenters. The van der Waals surface area contributed by atoms with E-state index in [1.54, 1.807) is 24.3 Å². The van der Waals surface area contributed by atoms with Gasteiger partial charge in [0.2, 0.25) is 5.91 Å². The third kappa shape index (κ3) is 3.25. The minimum absolute atomic E-state index is 0.326. The summed E-state index contributed by atoms with van der Waals surface area (Å²) in [6.45, 7) is 0. The third-order valence-electron chi connectivity index (χ3n) is 3.01. The maximum atomic E-state index is 11.8. The Morgan fingerprint density at radius 1 is 1.20 bits per heavy atom. The summed E-state index contributed by atoms with van der Waals surface area (Å²) in [6.07, 6.45) is -0.247. The average Bonchev–Trinajstić information content (AvgIpc) is 3.19. The van der Waals surface area contributed by atoms with Gasteiger partial charge in [0.15, 0.2) is 0 Å². The van der Waals surface area contributed by atoms with E-state index >= 15 is 0 Å². The normalized spacial score (nSPS) is 19.9. The molecule has 1 fully saturated rings. The molecule has 1 aliphatic carbocycles. The molecule has 0 saturated heterocycles. The fourth-order valence-electron chi connectivity index (χ4n) is 1.84. The van der Waals surface area contributed by atoms with Crippen LogP contribution in [0.1, 0.15) is 6.42 Å². The van der Waals surface area contributed by atoms with Crippen LogP contribution in [0, 0.1) is 11.8 Å². The number of amides is 2. The lowest BCUT2D eigenvalue weighted by Gasteiger charge is -2.07. The number of hydrogen-bond donors (Lipinski definition) is 3. The van der Waals surface area contributed by atoms with Crippen molar-refractivity contribution in [2.45, 2.75) is 6.42 Å². The van der Waals surface area contributed by atoms with Gasteiger partial charge < -0.3 is 15.2 Å². The zero-order chi connectivity index (χ0) is 14.7. The van der Waals surface area contributed by atoms with Crippen LogP contribution in [0.3, 0.4) is 0 Å². The van der Waals surface area contributed by atoms with Crippen molar-refractivity contribution in [3.8, 4) is 0 Å². The standard InChI is InChI=1S/C13H14N2O5/c1-20-13(19)15-8-4-2-3-7(5-8)14-11(16)9-6-10(9)12(17)18/h2-5,9-10H,6H2,1H3,(H,14,16)(H,15,19)(H,17,18)/t9-,10+/m1/s1. The molecule has 2 amide bonds. The number of benzene rings is 1. The second-order valence-corrected chi connectivity index (χ2v) is 4.47. The van der Waals surface area contributed by atoms with Crippen LogP contribution in [0.25, 0.3) is 0 Å². The van der Waals surface area contributed by atoms with Crippen LogP contribution in [0.5, 0.6) is 0 Å². The van der Waals surface area contributed by atoms with Crippen LogP contribution in [0.4, 0.5) is 16.2 Å². The number of carbonyl (C=O) groups is 3. The van der Waals surface area contributed by atoms with Crippen LogP contribution in [-0.4, -0.2) is 30.2 Å². The van der Waals surface area contributed by atoms with Gasteiger partial charge in [-0.2, -0.15) is 0 Å². The first-order chi connectivity index (χ1) is 9.51. The number of carboxylic acid groups (broad SMARTS) is 1. The summed E-state index contributed by atoms with van der Waals surface area (Å²) in [6, 6.07) is 6.51. The molecule has 3 N–H and O–H groups in total. The topological polar surface area (TPSA) is 105 Å². The van der Waals surface area contributed by atoms with Crippen LogP contribution in [-0.2, 0) is 14.3 Å². The van der Waals surface area contributed by atoms with E-state index in [1.807, 2.05) is 0 Å². The van der Waals surface area contributed by atoms with Crippen molar-refractivity contribution in [1.29, 1.82) is 0 Å². The molecule has 7 heteroatoms. The molecule has 1 saturated carbocycles. The molecular formula is C13H14N2O5. The number of aliphatic carboxylic acids is 1. The highest BCUT2D eigenvalue weighted by Crippen LogP contribution is 2.39. The average molecular weight is 278 g/mol. The van der Waals surface area contributed by atoms with Gasteiger partial charge in [0.25, 0.3) is 0 Å². The molecular weight excluding hydrogens is 264 g/mol. The zero-order valence-electron chi connectivity index (χ0n) is 10.8. The second-order valence-electron chi connectivity index (χ2n) is 4.47. The van der Waals surface area contributed by atoms with Crippen molar-refractivity contribution >= 4 is 29.3 Å². The van der Waals surface area contributed by atoms with Gasteiger partial charge in [0, 0.05) is 11.4 Å². The minimum atomic E-state index is -0.953. The lowest BCUT2D eigenvalue weighted by Crippen LogP contribution is -2.17. The van der Waals surface area contributed by atoms with E-state index in [4.69, 9.17) is 5.11 Å². The Morgan fingerprint density at radius 3 is 2.40 bits per heavy atom. The lowest BCUT2D eigenvalue weighted by atomic mass is 10.2. The smallest absolute Gasteiger partial charge is 0.411 e. The van der Waals surface area contributed by atoms with Crippen LogP contribution < -0.4 is 10.6 Å². The summed E-state index contributed by atoms with van der Waals surface area (Å²) < 4.78 is 4.46. The van der Waals surface area contributed by atoms with Gasteiger partial charge in [-0.3, -0.25) is 14.9 Å². The number of methoxy groups -OCH3 is 1. The first kappa shape index (κ1) is 13.9. The van der Waals surface area contributed by atoms with Gasteiger partial charge in [0.1, 0.15) is 0 Å². The highest BCUT2D eigenvalue weighted by Gasteiger charge is 2.48. The van der Waals surface area contributed by atoms with Crippen molar-refractivity contribution < 1.29 is 24.2 Å². The second kappa shape index (κ2) is 5.60. The minimum Gasteiger partial charge on any atom is -0.481 e. The van der Waals surface area contributed by atoms with E-state index in [0.29, 0.717) is 17.8 Å². The van der Waals surface area contributed by atoms with Gasteiger partial charge in [-0.05, 0) is 24.6 Å². The number of anilines is 2. The largest absolute Gasteiger partial charge is 0.481 e. The van der Waals surface area contributed by atoms with Gasteiger partial charge in [-0.1, -0.05) is 6.07 Å². The summed E-state index contributed by atoms with van der Waals surface area (Å²) in [5.74, 6) is -2.35. The van der Waals surface area contributed by atoms with Crippen molar-refractivity contribution in [2.24, 2.45) is 11.8 Å². The highest BCUT2D eigenvalue weighted by atomic mass is 16.5. The first-order valence-corrected chi connectivity index (χ1v) is 6.00. The number of carboxylic acids is 1. The Bertz CT molecular complexity index is 557. The maximum Gasteiger partial charge on any atom is 0.411 e. The molecule has 0 heterocycles. The number of ether oxygens (including phenoxy) is 1. The molecule has 0 aromatic heterocycles. The van der Waals surface area contributed by atoms with Gasteiger partial charge >= 0.3 is 12.1 Å². The van der Waals surface area contributed by atoms with E-state index < -0.39 is 23.9 Å². The molecule has 1 aromatic carbocycles. The number of carbonyl (C=O) groups excluding carboxylic acids is 2. The molecule has 7 nitrogen and oxygen atoms in total. The summed E-state index contributed by atoms with van der Waals surface area (Å²) in [7, 11) is 1.25. The fraction of sp³-hybridized carbons (Fsp3) is 0.308. The monoisotopic (exact) mass is 278 g/mol. The predicted molar refractivity (Wildman–Crippen MR) is 70.3 cm³/mol. The summed E-state index contributed by atoms with van der Waals surface area (Å²) >= 11 is 0. The molecule has 106 valence electrons. The predicted octanol–water partition coefficient (Wildman–Crippen LogP) is 1.52. The van der Waals surface area contributed by atoms with E-state index in [0.717, 1.165) is 0 Å². The lowest BCUT2D eigenvalue weighted by molar-refractivity contribution is -0.139. The number of nitrogens with one attached hydrogen (secondary N) is 2. The molecule has 0 radical (unpaired) electrons. The Kier molecular flexibility index (Phi) is 3.88. The molecule has 1 aliphatic rings. The van der Waals surface area contributed by atoms with E-state index in [9.17, 15) is 14.4 Å². The van der Waals surface area contributed by atoms with Gasteiger partial charge in [-0.15, -0.1) is 0 Å². The number of hydrogen-bond acceptors (Lipinski definition) is 4. The Balaban J connectivity index is 1.96. The van der Waals surface area contributed by atoms with Crippen molar-refractivity contribution in [3.05, 3.63) is 24.3 Å². The van der Waals surface area contributed by atoms with Crippen molar-refractivity contribution in [3.63, 3.8) is 0 Å². The molecule has 1 aromatic rings. The zero-order valence-corrected chi connectivity index (χ0v) is 10.8. The SMILES string of the molecule is COC(=O)Nc1cccc(NC(=O)[C@@H]2C[C@@H]2C(=O)O)c1. The molecule has 20 heavy (non-hydrogen) atoms. The quantitative estimate of drug-likeness (QED) is 0.774. The number of rotatable bonds is 4. The third-order valence-corrected chi connectivity index (χ3v) is 3.01. The van der Waals surface area contributed by atoms with E-state index in [2.05, 4.69) is 15.4 Å². The van der Waals surface area contributed by atoms with Gasteiger partial charge in [-0.25, -0.2) is 4.79 Å². The van der Waals surface area contributed by atoms with Crippen LogP contribution in [0.15, 0.2) is 24.3 Å². The maximum absolute atomic E-state index is 11.8. The van der Waals surface area contributed by atoms with Crippen molar-refractivity contribution in [2.75, 3.05) is 17.7 Å². The molecule has 0 spiro atoms. The molecule has 2 rings (SSSR count). The van der Waals surface area contributed by atoms with Crippen LogP contribution >= 0.6 is 0 Å². The summed E-state index contributed by atoms with van der Waals surface area (Å²) in [4.78, 5) is 33.6. The van der Waals surface area contributed by atoms with Gasteiger partial charge in [0.05, 0.1) is 18.9 Å². The van der Waals surface area contributed by atoms with E-state index in [-0.39, 0.29) is 5.91 Å². The first-order valence-electron chi connectivity index (χ1n) is 6.00. The Morgan fingerprint density at radius 2 is 1.85 bits per heavy atom. The fourth-order valence-corrected chi connectivity index (χ4v) is 1.84. The highest BCUT2D eigenvalue weighted by molar-refractivity contribution is 5.98. The Hall–Kier alpha value is -2.57. The molecule has 0 aliphatic heterocycles. The summed E-state index contributed by atoms with van der Waals surface area (Å²) in [5.41, 5.74) is 0.958. The van der Waals surface area contributed by atoms with Crippen molar-refractivity contribution in [1.82, 2.24) is 0 Å². The Labute approximate surface area is 114 Å². The molecule has 2 atom stereocenters.